The van der Waals surface area contributed by atoms with Gasteiger partial charge in [0.15, 0.2) is 5.84 Å². The van der Waals surface area contributed by atoms with Crippen LogP contribution in [0.1, 0.15) is 131 Å². The molecule has 1 heterocycles. The number of aliphatic imine (C=N–C) groups is 2. The highest BCUT2D eigenvalue weighted by atomic mass is 15.0. The van der Waals surface area contributed by atoms with Gasteiger partial charge in [-0.15, -0.1) is 5.92 Å². The van der Waals surface area contributed by atoms with Crippen LogP contribution in [0, 0.1) is 32.6 Å². The summed E-state index contributed by atoms with van der Waals surface area (Å²) >= 11 is 0. The van der Waals surface area contributed by atoms with Gasteiger partial charge in [0.25, 0.3) is 0 Å². The fourth-order valence-electron chi connectivity index (χ4n) is 9.61. The van der Waals surface area contributed by atoms with Crippen molar-refractivity contribution in [2.24, 2.45) is 9.98 Å². The lowest BCUT2D eigenvalue weighted by atomic mass is 9.88. The van der Waals surface area contributed by atoms with E-state index in [1.165, 1.54) is 84.7 Å². The Hall–Kier alpha value is -7.54. The summed E-state index contributed by atoms with van der Waals surface area (Å²) in [5, 5.41) is 2.55. The molecule has 2 atom stereocenters. The van der Waals surface area contributed by atoms with Gasteiger partial charge in [0, 0.05) is 34.2 Å². The van der Waals surface area contributed by atoms with Crippen molar-refractivity contribution in [2.75, 3.05) is 0 Å². The largest absolute Gasteiger partial charge is 0.309 e. The molecule has 0 N–H and O–H groups in total. The summed E-state index contributed by atoms with van der Waals surface area (Å²) in [7, 11) is 0. The van der Waals surface area contributed by atoms with E-state index < -0.39 is 0 Å². The fraction of sp³-hybridized carbons (Fsp3) is 0.246. The van der Waals surface area contributed by atoms with Crippen LogP contribution in [-0.4, -0.2) is 16.1 Å². The van der Waals surface area contributed by atoms with Gasteiger partial charge >= 0.3 is 0 Å². The van der Waals surface area contributed by atoms with Gasteiger partial charge < -0.3 is 4.57 Å². The lowest BCUT2D eigenvalue weighted by Crippen LogP contribution is -2.08. The van der Waals surface area contributed by atoms with Crippen molar-refractivity contribution >= 4 is 33.4 Å². The number of hydrogen-bond acceptors (Lipinski definition) is 1. The van der Waals surface area contributed by atoms with Crippen LogP contribution in [0.2, 0.25) is 0 Å². The predicted octanol–water partition coefficient (Wildman–Crippen LogP) is 19.0. The molecule has 0 amide bonds. The third kappa shape index (κ3) is 12.1. The monoisotopic (exact) mass is 944 g/mol. The Morgan fingerprint density at radius 2 is 1.26 bits per heavy atom. The van der Waals surface area contributed by atoms with E-state index in [2.05, 4.69) is 236 Å². The normalized spacial score (nSPS) is 12.2. The van der Waals surface area contributed by atoms with Crippen LogP contribution in [0.15, 0.2) is 198 Å². The zero-order valence-corrected chi connectivity index (χ0v) is 44.4. The number of unbranched alkanes of at least 4 members (excludes halogenated alkanes) is 1. The third-order valence-corrected chi connectivity index (χ3v) is 13.6. The SMILES string of the molecule is CC.CCC#CC(N=C(N=C(C)c1cccc(-n2c3ccccc3c3c(C)c(-c4ccccc4CCCC)ccc32)c1)c1ccc(-c2ccccc2C(C)CC)c(C)c1)c1ccccc1.Cc1ccccc1. The molecule has 0 saturated heterocycles. The van der Waals surface area contributed by atoms with Gasteiger partial charge in [0.2, 0.25) is 0 Å². The second kappa shape index (κ2) is 25.5. The van der Waals surface area contributed by atoms with Crippen molar-refractivity contribution in [3.05, 3.63) is 233 Å². The molecule has 364 valence electrons. The van der Waals surface area contributed by atoms with E-state index in [0.717, 1.165) is 47.4 Å². The summed E-state index contributed by atoms with van der Waals surface area (Å²) in [6, 6.07) is 67.0. The number of nitrogens with zero attached hydrogens (tertiary/aromatic N) is 3. The Morgan fingerprint density at radius 1 is 0.597 bits per heavy atom. The van der Waals surface area contributed by atoms with E-state index in [-0.39, 0.29) is 6.04 Å². The van der Waals surface area contributed by atoms with Gasteiger partial charge in [-0.3, -0.25) is 0 Å². The first-order valence-electron chi connectivity index (χ1n) is 26.3. The van der Waals surface area contributed by atoms with E-state index in [9.17, 15) is 0 Å². The summed E-state index contributed by atoms with van der Waals surface area (Å²) in [4.78, 5) is 10.8. The smallest absolute Gasteiger partial charge is 0.156 e. The van der Waals surface area contributed by atoms with Gasteiger partial charge in [0.05, 0.1) is 11.0 Å². The number of aryl methyl sites for hydroxylation is 4. The van der Waals surface area contributed by atoms with Crippen LogP contribution in [0.3, 0.4) is 0 Å². The molecule has 0 spiro atoms. The molecule has 2 unspecified atom stereocenters. The van der Waals surface area contributed by atoms with E-state index in [4.69, 9.17) is 9.98 Å². The summed E-state index contributed by atoms with van der Waals surface area (Å²) < 4.78 is 2.42. The molecule has 0 aliphatic carbocycles. The number of benzene rings is 8. The first-order chi connectivity index (χ1) is 35.2. The topological polar surface area (TPSA) is 29.6 Å². The lowest BCUT2D eigenvalue weighted by molar-refractivity contribution is 0.735. The van der Waals surface area contributed by atoms with Gasteiger partial charge in [-0.1, -0.05) is 217 Å². The van der Waals surface area contributed by atoms with Crippen molar-refractivity contribution in [3.8, 4) is 39.8 Å². The number of fused-ring (bicyclic) bond motifs is 3. The first kappa shape index (κ1) is 52.3. The maximum atomic E-state index is 5.42. The molecule has 0 aliphatic rings. The molecule has 0 radical (unpaired) electrons. The molecule has 3 heteroatoms. The Morgan fingerprint density at radius 3 is 1.96 bits per heavy atom. The summed E-state index contributed by atoms with van der Waals surface area (Å²) in [6.07, 6.45) is 5.29. The Balaban J connectivity index is 0.000000770. The van der Waals surface area contributed by atoms with Crippen molar-refractivity contribution in [1.29, 1.82) is 0 Å². The van der Waals surface area contributed by atoms with E-state index in [1.54, 1.807) is 0 Å². The van der Waals surface area contributed by atoms with Crippen molar-refractivity contribution < 1.29 is 0 Å². The highest BCUT2D eigenvalue weighted by Gasteiger charge is 2.19. The van der Waals surface area contributed by atoms with Crippen LogP contribution in [0.25, 0.3) is 49.7 Å². The van der Waals surface area contributed by atoms with E-state index >= 15 is 0 Å². The molecular formula is C69H73N3. The maximum Gasteiger partial charge on any atom is 0.156 e. The average Bonchev–Trinajstić information content (AvgIpc) is 3.77. The second-order valence-corrected chi connectivity index (χ2v) is 18.5. The first-order valence-corrected chi connectivity index (χ1v) is 26.3. The number of hydrogen-bond donors (Lipinski definition) is 0. The Bertz CT molecular complexity index is 3340. The molecule has 8 aromatic carbocycles. The summed E-state index contributed by atoms with van der Waals surface area (Å²) in [5.74, 6) is 7.92. The van der Waals surface area contributed by atoms with Crippen molar-refractivity contribution in [2.45, 2.75) is 113 Å². The highest BCUT2D eigenvalue weighted by Crippen LogP contribution is 2.40. The molecule has 1 aromatic heterocycles. The van der Waals surface area contributed by atoms with Crippen molar-refractivity contribution in [3.63, 3.8) is 0 Å². The van der Waals surface area contributed by atoms with E-state index in [1.807, 2.05) is 38.1 Å². The molecular weight excluding hydrogens is 871 g/mol. The minimum absolute atomic E-state index is 0.362. The van der Waals surface area contributed by atoms with Gasteiger partial charge in [-0.2, -0.15) is 0 Å². The molecule has 72 heavy (non-hydrogen) atoms. The zero-order valence-electron chi connectivity index (χ0n) is 44.4. The average molecular weight is 944 g/mol. The summed E-state index contributed by atoms with van der Waals surface area (Å²) in [5.41, 5.74) is 19.2. The molecule has 9 rings (SSSR count). The lowest BCUT2D eigenvalue weighted by Gasteiger charge is -2.17. The van der Waals surface area contributed by atoms with E-state index in [0.29, 0.717) is 11.8 Å². The number of aromatic nitrogens is 1. The fourth-order valence-corrected chi connectivity index (χ4v) is 9.61. The Labute approximate surface area is 431 Å². The molecule has 0 bridgehead atoms. The summed E-state index contributed by atoms with van der Waals surface area (Å²) in [6.45, 7) is 21.6. The predicted molar refractivity (Wildman–Crippen MR) is 313 cm³/mol. The van der Waals surface area contributed by atoms with Crippen molar-refractivity contribution in [1.82, 2.24) is 4.57 Å². The van der Waals surface area contributed by atoms with Crippen LogP contribution in [-0.2, 0) is 6.42 Å². The number of amidine groups is 1. The zero-order chi connectivity index (χ0) is 51.0. The molecule has 0 aliphatic heterocycles. The van der Waals surface area contributed by atoms with Gasteiger partial charge in [0.1, 0.15) is 6.04 Å². The van der Waals surface area contributed by atoms with Gasteiger partial charge in [-0.05, 0) is 139 Å². The third-order valence-electron chi connectivity index (χ3n) is 13.6. The molecule has 3 nitrogen and oxygen atoms in total. The number of para-hydroxylation sites is 1. The molecule has 0 fully saturated rings. The second-order valence-electron chi connectivity index (χ2n) is 18.5. The molecule has 0 saturated carbocycles. The van der Waals surface area contributed by atoms with Gasteiger partial charge in [-0.25, -0.2) is 9.98 Å². The molecule has 9 aromatic rings. The van der Waals surface area contributed by atoms with Crippen LogP contribution >= 0.6 is 0 Å². The maximum absolute atomic E-state index is 5.42. The minimum Gasteiger partial charge on any atom is -0.309 e. The highest BCUT2D eigenvalue weighted by molar-refractivity contribution is 6.14. The van der Waals surface area contributed by atoms with Crippen LogP contribution in [0.4, 0.5) is 0 Å². The standard InChI is InChI=1S/C60H59N3.C7H8.C2H6/c1-8-11-23-45-24-16-17-30-53(45)52-37-38-58-59(43(52)6)55-32-20-21-34-57(55)63(58)49-28-22-27-47(40-49)44(7)61-60(62-56(33-12-9-2)46-25-14-13-15-26-46)48-35-36-51(42(5)39-48)54-31-19-18-29-50(54)41(4)10-3;1-7-5-3-2-4-6-7;1-2/h13-22,24-32,34-41,56H,8-11,23H2,1-7H3;2-6H,1H3;1-2H3. The number of rotatable bonds is 12. The quantitative estimate of drug-likeness (QED) is 0.0664. The van der Waals surface area contributed by atoms with Crippen LogP contribution in [0.5, 0.6) is 0 Å². The van der Waals surface area contributed by atoms with Crippen LogP contribution < -0.4 is 0 Å². The Kier molecular flexibility index (Phi) is 18.5. The minimum atomic E-state index is -0.362.